The van der Waals surface area contributed by atoms with Gasteiger partial charge in [-0.2, -0.15) is 5.26 Å². The van der Waals surface area contributed by atoms with Crippen LogP contribution in [0.1, 0.15) is 33.6 Å². The lowest BCUT2D eigenvalue weighted by molar-refractivity contribution is -0.156. The van der Waals surface area contributed by atoms with E-state index in [0.717, 1.165) is 6.42 Å². The summed E-state index contributed by atoms with van der Waals surface area (Å²) in [7, 11) is 0. The predicted octanol–water partition coefficient (Wildman–Crippen LogP) is 1.01. The number of amides is 2. The summed E-state index contributed by atoms with van der Waals surface area (Å²) in [6.07, 6.45) is 1.46. The zero-order chi connectivity index (χ0) is 13.8. The van der Waals surface area contributed by atoms with Crippen molar-refractivity contribution in [2.75, 3.05) is 26.2 Å². The number of nitriles is 1. The first kappa shape index (κ1) is 14.5. The minimum absolute atomic E-state index is 0.405. The standard InChI is InChI=1S/C13H21N3O2/c1-4-6-15-8-9-16(12(18)11(15)17)7-5-13(2,3)10-14/h4-9H2,1-3H3. The molecule has 100 valence electrons. The van der Waals surface area contributed by atoms with Crippen molar-refractivity contribution in [3.05, 3.63) is 0 Å². The SMILES string of the molecule is CCCN1CCN(CCC(C)(C)C#N)C(=O)C1=O. The Labute approximate surface area is 108 Å². The number of rotatable bonds is 5. The summed E-state index contributed by atoms with van der Waals surface area (Å²) in [5.41, 5.74) is -0.454. The van der Waals surface area contributed by atoms with Crippen molar-refractivity contribution in [1.82, 2.24) is 9.80 Å². The highest BCUT2D eigenvalue weighted by Crippen LogP contribution is 2.19. The summed E-state index contributed by atoms with van der Waals surface area (Å²) in [6.45, 7) is 7.96. The fraction of sp³-hybridized carbons (Fsp3) is 0.769. The Balaban J connectivity index is 2.54. The first-order valence-electron chi connectivity index (χ1n) is 6.40. The number of nitrogens with zero attached hydrogens (tertiary/aromatic N) is 3. The highest BCUT2D eigenvalue weighted by atomic mass is 16.2. The molecule has 1 heterocycles. The van der Waals surface area contributed by atoms with E-state index < -0.39 is 17.2 Å². The molecule has 2 amide bonds. The average molecular weight is 251 g/mol. The molecule has 1 aliphatic heterocycles. The molecule has 0 aromatic rings. The zero-order valence-corrected chi connectivity index (χ0v) is 11.4. The van der Waals surface area contributed by atoms with Crippen LogP contribution < -0.4 is 0 Å². The fourth-order valence-corrected chi connectivity index (χ4v) is 1.88. The molecule has 5 nitrogen and oxygen atoms in total. The number of hydrogen-bond acceptors (Lipinski definition) is 3. The van der Waals surface area contributed by atoms with Crippen molar-refractivity contribution in [1.29, 1.82) is 5.26 Å². The fourth-order valence-electron chi connectivity index (χ4n) is 1.88. The molecule has 5 heteroatoms. The molecule has 0 aliphatic carbocycles. The third kappa shape index (κ3) is 3.46. The summed E-state index contributed by atoms with van der Waals surface area (Å²) in [4.78, 5) is 26.8. The van der Waals surface area contributed by atoms with E-state index in [2.05, 4.69) is 6.07 Å². The molecule has 0 radical (unpaired) electrons. The summed E-state index contributed by atoms with van der Waals surface area (Å²) in [5.74, 6) is -0.832. The lowest BCUT2D eigenvalue weighted by atomic mass is 9.91. The minimum atomic E-state index is -0.454. The molecular formula is C13H21N3O2. The molecule has 18 heavy (non-hydrogen) atoms. The number of carbonyl (C=O) groups excluding carboxylic acids is 2. The van der Waals surface area contributed by atoms with Crippen molar-refractivity contribution in [2.45, 2.75) is 33.6 Å². The van der Waals surface area contributed by atoms with Crippen molar-refractivity contribution < 1.29 is 9.59 Å². The van der Waals surface area contributed by atoms with Gasteiger partial charge in [0, 0.05) is 26.2 Å². The van der Waals surface area contributed by atoms with Crippen LogP contribution in [-0.4, -0.2) is 47.8 Å². The van der Waals surface area contributed by atoms with Crippen LogP contribution >= 0.6 is 0 Å². The Morgan fingerprint density at radius 2 is 1.67 bits per heavy atom. The number of carbonyl (C=O) groups is 2. The van der Waals surface area contributed by atoms with Crippen molar-refractivity contribution in [2.24, 2.45) is 5.41 Å². The van der Waals surface area contributed by atoms with Gasteiger partial charge in [-0.1, -0.05) is 6.92 Å². The summed E-state index contributed by atoms with van der Waals surface area (Å²) >= 11 is 0. The van der Waals surface area contributed by atoms with Crippen molar-refractivity contribution in [3.8, 4) is 6.07 Å². The summed E-state index contributed by atoms with van der Waals surface area (Å²) < 4.78 is 0. The van der Waals surface area contributed by atoms with E-state index in [-0.39, 0.29) is 0 Å². The maximum Gasteiger partial charge on any atom is 0.312 e. The van der Waals surface area contributed by atoms with E-state index in [4.69, 9.17) is 5.26 Å². The van der Waals surface area contributed by atoms with Gasteiger partial charge in [0.05, 0.1) is 11.5 Å². The normalized spacial score (nSPS) is 17.0. The smallest absolute Gasteiger partial charge is 0.312 e. The Kier molecular flexibility index (Phi) is 4.71. The van der Waals surface area contributed by atoms with Crippen LogP contribution in [0.2, 0.25) is 0 Å². The quantitative estimate of drug-likeness (QED) is 0.685. The predicted molar refractivity (Wildman–Crippen MR) is 67.5 cm³/mol. The number of hydrogen-bond donors (Lipinski definition) is 0. The topological polar surface area (TPSA) is 64.4 Å². The van der Waals surface area contributed by atoms with Crippen LogP contribution in [0, 0.1) is 16.7 Å². The van der Waals surface area contributed by atoms with E-state index in [0.29, 0.717) is 32.6 Å². The van der Waals surface area contributed by atoms with Gasteiger partial charge < -0.3 is 9.80 Å². The highest BCUT2D eigenvalue weighted by molar-refractivity contribution is 6.35. The monoisotopic (exact) mass is 251 g/mol. The lowest BCUT2D eigenvalue weighted by Gasteiger charge is -2.34. The average Bonchev–Trinajstić information content (AvgIpc) is 2.34. The molecule has 0 aromatic heterocycles. The summed E-state index contributed by atoms with van der Waals surface area (Å²) in [6, 6.07) is 2.20. The molecule has 0 aromatic carbocycles. The third-order valence-electron chi connectivity index (χ3n) is 3.20. The molecular weight excluding hydrogens is 230 g/mol. The molecule has 0 bridgehead atoms. The first-order valence-corrected chi connectivity index (χ1v) is 6.40. The Morgan fingerprint density at radius 3 is 2.11 bits per heavy atom. The molecule has 0 unspecified atom stereocenters. The number of piperazine rings is 1. The molecule has 1 rings (SSSR count). The van der Waals surface area contributed by atoms with Gasteiger partial charge in [-0.3, -0.25) is 9.59 Å². The largest absolute Gasteiger partial charge is 0.333 e. The van der Waals surface area contributed by atoms with Crippen LogP contribution in [0.5, 0.6) is 0 Å². The first-order chi connectivity index (χ1) is 8.41. The van der Waals surface area contributed by atoms with Crippen LogP contribution in [0.4, 0.5) is 0 Å². The minimum Gasteiger partial charge on any atom is -0.333 e. The van der Waals surface area contributed by atoms with Crippen molar-refractivity contribution in [3.63, 3.8) is 0 Å². The van der Waals surface area contributed by atoms with Gasteiger partial charge in [0.25, 0.3) is 0 Å². The van der Waals surface area contributed by atoms with Crippen LogP contribution in [0.15, 0.2) is 0 Å². The second-order valence-electron chi connectivity index (χ2n) is 5.33. The molecule has 0 spiro atoms. The van der Waals surface area contributed by atoms with E-state index >= 15 is 0 Å². The van der Waals surface area contributed by atoms with Gasteiger partial charge in [-0.05, 0) is 26.7 Å². The maximum atomic E-state index is 11.9. The molecule has 0 saturated carbocycles. The second kappa shape index (κ2) is 5.85. The third-order valence-corrected chi connectivity index (χ3v) is 3.20. The maximum absolute atomic E-state index is 11.9. The van der Waals surface area contributed by atoms with Gasteiger partial charge in [-0.25, -0.2) is 0 Å². The van der Waals surface area contributed by atoms with Gasteiger partial charge in [0.1, 0.15) is 0 Å². The van der Waals surface area contributed by atoms with E-state index in [1.54, 1.807) is 9.80 Å². The van der Waals surface area contributed by atoms with Gasteiger partial charge in [0.15, 0.2) is 0 Å². The molecule has 0 N–H and O–H groups in total. The Hall–Kier alpha value is -1.57. The van der Waals surface area contributed by atoms with Crippen LogP contribution in [0.25, 0.3) is 0 Å². The Bertz CT molecular complexity index is 371. The van der Waals surface area contributed by atoms with Gasteiger partial charge in [-0.15, -0.1) is 0 Å². The van der Waals surface area contributed by atoms with Gasteiger partial charge >= 0.3 is 11.8 Å². The van der Waals surface area contributed by atoms with E-state index in [1.807, 2.05) is 20.8 Å². The molecule has 1 fully saturated rings. The zero-order valence-electron chi connectivity index (χ0n) is 11.4. The van der Waals surface area contributed by atoms with E-state index in [1.165, 1.54) is 0 Å². The van der Waals surface area contributed by atoms with Gasteiger partial charge in [0.2, 0.25) is 0 Å². The molecule has 0 atom stereocenters. The highest BCUT2D eigenvalue weighted by Gasteiger charge is 2.32. The summed E-state index contributed by atoms with van der Waals surface area (Å²) in [5, 5.41) is 8.92. The van der Waals surface area contributed by atoms with Crippen LogP contribution in [-0.2, 0) is 9.59 Å². The molecule has 1 aliphatic rings. The van der Waals surface area contributed by atoms with Crippen molar-refractivity contribution >= 4 is 11.8 Å². The lowest BCUT2D eigenvalue weighted by Crippen LogP contribution is -2.54. The Morgan fingerprint density at radius 1 is 1.17 bits per heavy atom. The van der Waals surface area contributed by atoms with Crippen LogP contribution in [0.3, 0.4) is 0 Å². The molecule has 1 saturated heterocycles. The van der Waals surface area contributed by atoms with E-state index in [9.17, 15) is 9.59 Å². The second-order valence-corrected chi connectivity index (χ2v) is 5.33.